The fraction of sp³-hybridized carbons (Fsp3) is 0.353. The second-order valence-electron chi connectivity index (χ2n) is 5.89. The predicted octanol–water partition coefficient (Wildman–Crippen LogP) is 2.94. The van der Waals surface area contributed by atoms with Gasteiger partial charge in [0.1, 0.15) is 6.33 Å². The van der Waals surface area contributed by atoms with Crippen LogP contribution in [-0.2, 0) is 4.74 Å². The highest BCUT2D eigenvalue weighted by Gasteiger charge is 2.40. The lowest BCUT2D eigenvalue weighted by atomic mass is 10.1. The number of imidazole rings is 1. The minimum atomic E-state index is -0.431. The molecule has 1 aromatic heterocycles. The van der Waals surface area contributed by atoms with Gasteiger partial charge < -0.3 is 9.64 Å². The zero-order chi connectivity index (χ0) is 16.8. The van der Waals surface area contributed by atoms with E-state index in [1.165, 1.54) is 0 Å². The van der Waals surface area contributed by atoms with Gasteiger partial charge in [-0.3, -0.25) is 9.36 Å². The molecular weight excluding hydrogens is 421 g/mol. The number of esters is 1. The van der Waals surface area contributed by atoms with E-state index in [2.05, 4.69) is 27.6 Å². The van der Waals surface area contributed by atoms with Gasteiger partial charge >= 0.3 is 5.97 Å². The maximum absolute atomic E-state index is 13.0. The van der Waals surface area contributed by atoms with Gasteiger partial charge in [-0.2, -0.15) is 0 Å². The number of rotatable bonds is 2. The summed E-state index contributed by atoms with van der Waals surface area (Å²) in [5.74, 6) is -0.413. The van der Waals surface area contributed by atoms with Gasteiger partial charge in [-0.15, -0.1) is 0 Å². The first-order valence-electron chi connectivity index (χ1n) is 7.97. The SMILES string of the molecule is CCOC(=O)c1ncn2c1[C@@H]1CCCN1C(=O)c1cc(I)ccc1-2. The number of amides is 1. The van der Waals surface area contributed by atoms with Crippen LogP contribution in [-0.4, -0.2) is 39.5 Å². The first-order chi connectivity index (χ1) is 11.6. The molecular formula is C17H16IN3O3. The number of aromatic nitrogens is 2. The molecule has 0 aliphatic carbocycles. The smallest absolute Gasteiger partial charge is 0.358 e. The Kier molecular flexibility index (Phi) is 3.82. The number of halogens is 1. The van der Waals surface area contributed by atoms with Crippen molar-refractivity contribution >= 4 is 34.5 Å². The third-order valence-corrected chi connectivity index (χ3v) is 5.22. The van der Waals surface area contributed by atoms with Crippen LogP contribution in [0.15, 0.2) is 24.5 Å². The number of fused-ring (bicyclic) bond motifs is 5. The van der Waals surface area contributed by atoms with Gasteiger partial charge in [-0.1, -0.05) is 0 Å². The van der Waals surface area contributed by atoms with E-state index in [1.54, 1.807) is 13.3 Å². The molecule has 0 spiro atoms. The minimum absolute atomic E-state index is 0.0181. The van der Waals surface area contributed by atoms with Crippen molar-refractivity contribution in [2.75, 3.05) is 13.2 Å². The van der Waals surface area contributed by atoms with Crippen LogP contribution in [0.2, 0.25) is 0 Å². The third-order valence-electron chi connectivity index (χ3n) is 4.55. The monoisotopic (exact) mass is 437 g/mol. The molecule has 7 heteroatoms. The lowest BCUT2D eigenvalue weighted by Gasteiger charge is -2.22. The molecule has 2 aliphatic rings. The Morgan fingerprint density at radius 2 is 2.29 bits per heavy atom. The highest BCUT2D eigenvalue weighted by Crippen LogP contribution is 2.40. The van der Waals surface area contributed by atoms with Crippen molar-refractivity contribution in [1.82, 2.24) is 14.5 Å². The van der Waals surface area contributed by atoms with Crippen LogP contribution in [0.4, 0.5) is 0 Å². The number of ether oxygens (including phenoxy) is 1. The van der Waals surface area contributed by atoms with Crippen LogP contribution in [0.3, 0.4) is 0 Å². The Morgan fingerprint density at radius 3 is 3.08 bits per heavy atom. The van der Waals surface area contributed by atoms with Crippen molar-refractivity contribution in [2.45, 2.75) is 25.8 Å². The lowest BCUT2D eigenvalue weighted by molar-refractivity contribution is 0.0513. The van der Waals surface area contributed by atoms with Crippen molar-refractivity contribution in [2.24, 2.45) is 0 Å². The highest BCUT2D eigenvalue weighted by molar-refractivity contribution is 14.1. The van der Waals surface area contributed by atoms with E-state index in [-0.39, 0.29) is 11.9 Å². The minimum Gasteiger partial charge on any atom is -0.461 e. The fourth-order valence-corrected chi connectivity index (χ4v) is 4.05. The lowest BCUT2D eigenvalue weighted by Crippen LogP contribution is -2.30. The summed E-state index contributed by atoms with van der Waals surface area (Å²) in [6.07, 6.45) is 3.38. The van der Waals surface area contributed by atoms with Crippen molar-refractivity contribution < 1.29 is 14.3 Å². The van der Waals surface area contributed by atoms with Crippen LogP contribution in [0, 0.1) is 3.57 Å². The molecule has 0 saturated carbocycles. The normalized spacial score (nSPS) is 18.7. The summed E-state index contributed by atoms with van der Waals surface area (Å²) in [6.45, 7) is 2.77. The molecule has 2 aliphatic heterocycles. The van der Waals surface area contributed by atoms with Gasteiger partial charge in [0.05, 0.1) is 29.6 Å². The molecule has 1 aromatic carbocycles. The first kappa shape index (κ1) is 15.6. The molecule has 1 atom stereocenters. The third kappa shape index (κ3) is 2.25. The highest BCUT2D eigenvalue weighted by atomic mass is 127. The topological polar surface area (TPSA) is 64.4 Å². The number of hydrogen-bond acceptors (Lipinski definition) is 4. The van der Waals surface area contributed by atoms with Crippen molar-refractivity contribution in [3.05, 3.63) is 45.0 Å². The summed E-state index contributed by atoms with van der Waals surface area (Å²) in [6, 6.07) is 5.63. The van der Waals surface area contributed by atoms with Gasteiger partial charge in [0.2, 0.25) is 0 Å². The molecule has 0 bridgehead atoms. The molecule has 0 unspecified atom stereocenters. The van der Waals surface area contributed by atoms with E-state index in [0.29, 0.717) is 24.4 Å². The van der Waals surface area contributed by atoms with Crippen LogP contribution in [0.5, 0.6) is 0 Å². The van der Waals surface area contributed by atoms with E-state index in [4.69, 9.17) is 4.74 Å². The van der Waals surface area contributed by atoms with Gasteiger partial charge in [0, 0.05) is 10.1 Å². The van der Waals surface area contributed by atoms with E-state index in [9.17, 15) is 9.59 Å². The number of carbonyl (C=O) groups excluding carboxylic acids is 2. The van der Waals surface area contributed by atoms with Gasteiger partial charge in [0.25, 0.3) is 5.91 Å². The van der Waals surface area contributed by atoms with E-state index in [0.717, 1.165) is 27.8 Å². The molecule has 4 rings (SSSR count). The quantitative estimate of drug-likeness (QED) is 0.536. The number of nitrogens with zero attached hydrogens (tertiary/aromatic N) is 3. The Hall–Kier alpha value is -1.90. The summed E-state index contributed by atoms with van der Waals surface area (Å²) in [5, 5.41) is 0. The van der Waals surface area contributed by atoms with Crippen molar-refractivity contribution in [1.29, 1.82) is 0 Å². The maximum Gasteiger partial charge on any atom is 0.358 e. The first-order valence-corrected chi connectivity index (χ1v) is 9.05. The number of benzene rings is 1. The van der Waals surface area contributed by atoms with Crippen molar-refractivity contribution in [3.8, 4) is 5.69 Å². The van der Waals surface area contributed by atoms with E-state index in [1.807, 2.05) is 27.7 Å². The summed E-state index contributed by atoms with van der Waals surface area (Å²) in [5.41, 5.74) is 2.50. The molecule has 0 N–H and O–H groups in total. The van der Waals surface area contributed by atoms with Crippen LogP contribution in [0.1, 0.15) is 52.3 Å². The Morgan fingerprint density at radius 1 is 1.46 bits per heavy atom. The number of carbonyl (C=O) groups is 2. The molecule has 1 saturated heterocycles. The average Bonchev–Trinajstić information content (AvgIpc) is 3.18. The maximum atomic E-state index is 13.0. The van der Waals surface area contributed by atoms with Crippen LogP contribution in [0.25, 0.3) is 5.69 Å². The molecule has 0 radical (unpaired) electrons. The zero-order valence-electron chi connectivity index (χ0n) is 13.2. The Balaban J connectivity index is 1.96. The van der Waals surface area contributed by atoms with Crippen molar-refractivity contribution in [3.63, 3.8) is 0 Å². The standard InChI is InChI=1S/C17H16IN3O3/c1-2-24-17(23)14-15-13-4-3-7-20(13)16(22)11-8-10(18)5-6-12(11)21(15)9-19-14/h5-6,8-9,13H,2-4,7H2,1H3/t13-/m0/s1. The molecule has 1 fully saturated rings. The van der Waals surface area contributed by atoms with E-state index < -0.39 is 5.97 Å². The zero-order valence-corrected chi connectivity index (χ0v) is 15.3. The summed E-state index contributed by atoms with van der Waals surface area (Å²) in [7, 11) is 0. The summed E-state index contributed by atoms with van der Waals surface area (Å²) in [4.78, 5) is 31.5. The molecule has 2 aromatic rings. The predicted molar refractivity (Wildman–Crippen MR) is 95.2 cm³/mol. The number of hydrogen-bond donors (Lipinski definition) is 0. The second-order valence-corrected chi connectivity index (χ2v) is 7.13. The van der Waals surface area contributed by atoms with Crippen LogP contribution >= 0.6 is 22.6 Å². The summed E-state index contributed by atoms with van der Waals surface area (Å²) < 4.78 is 8.04. The Bertz CT molecular complexity index is 846. The molecule has 1 amide bonds. The molecule has 6 nitrogen and oxygen atoms in total. The largest absolute Gasteiger partial charge is 0.461 e. The molecule has 3 heterocycles. The second kappa shape index (κ2) is 5.87. The van der Waals surface area contributed by atoms with Gasteiger partial charge in [-0.05, 0) is 60.6 Å². The van der Waals surface area contributed by atoms with Crippen LogP contribution < -0.4 is 0 Å². The van der Waals surface area contributed by atoms with Gasteiger partial charge in [0.15, 0.2) is 5.69 Å². The average molecular weight is 437 g/mol. The Labute approximate surface area is 152 Å². The van der Waals surface area contributed by atoms with Gasteiger partial charge in [-0.25, -0.2) is 9.78 Å². The summed E-state index contributed by atoms with van der Waals surface area (Å²) >= 11 is 2.21. The fourth-order valence-electron chi connectivity index (χ4n) is 3.56. The molecule has 124 valence electrons. The molecule has 24 heavy (non-hydrogen) atoms. The van der Waals surface area contributed by atoms with E-state index >= 15 is 0 Å².